The lowest BCUT2D eigenvalue weighted by Crippen LogP contribution is -3.00. The molecular weight excluding hydrogens is 471 g/mol. The molecule has 1 aromatic carbocycles. The van der Waals surface area contributed by atoms with Crippen LogP contribution in [0.15, 0.2) is 24.4 Å². The second-order valence-corrected chi connectivity index (χ2v) is 6.24. The number of aromatic nitrogens is 3. The summed E-state index contributed by atoms with van der Waals surface area (Å²) in [5.74, 6) is 1.96. The highest BCUT2D eigenvalue weighted by atomic mass is 127. The van der Waals surface area contributed by atoms with Gasteiger partial charge in [0, 0.05) is 40.5 Å². The molecule has 0 spiro atoms. The van der Waals surface area contributed by atoms with Gasteiger partial charge in [-0.15, -0.1) is 0 Å². The maximum absolute atomic E-state index is 12.9. The third kappa shape index (κ3) is 4.79. The minimum atomic E-state index is -0.0226. The molecular formula is C20H24IN4O3-. The van der Waals surface area contributed by atoms with Crippen molar-refractivity contribution in [3.63, 3.8) is 0 Å². The summed E-state index contributed by atoms with van der Waals surface area (Å²) in [4.78, 5) is 24.8. The molecule has 3 rings (SSSR count). The fraction of sp³-hybridized carbons (Fsp3) is 0.350. The second kappa shape index (κ2) is 9.83. The van der Waals surface area contributed by atoms with Crippen LogP contribution in [0.3, 0.4) is 0 Å². The van der Waals surface area contributed by atoms with Crippen LogP contribution in [0.1, 0.15) is 34.4 Å². The van der Waals surface area contributed by atoms with E-state index in [0.717, 1.165) is 22.2 Å². The number of ketones is 1. The van der Waals surface area contributed by atoms with Gasteiger partial charge in [0.1, 0.15) is 17.4 Å². The minimum absolute atomic E-state index is 0. The van der Waals surface area contributed by atoms with Crippen LogP contribution in [0.4, 0.5) is 5.82 Å². The maximum Gasteiger partial charge on any atom is 0.184 e. The highest BCUT2D eigenvalue weighted by Crippen LogP contribution is 2.27. The summed E-state index contributed by atoms with van der Waals surface area (Å²) in [5, 5.41) is 4.00. The van der Waals surface area contributed by atoms with Gasteiger partial charge in [-0.2, -0.15) is 0 Å². The van der Waals surface area contributed by atoms with Crippen molar-refractivity contribution in [2.45, 2.75) is 27.4 Å². The summed E-state index contributed by atoms with van der Waals surface area (Å²) in [7, 11) is 1.61. The molecule has 0 aliphatic carbocycles. The van der Waals surface area contributed by atoms with Crippen molar-refractivity contribution in [2.75, 3.05) is 25.6 Å². The van der Waals surface area contributed by atoms with Crippen molar-refractivity contribution in [3.8, 4) is 5.75 Å². The summed E-state index contributed by atoms with van der Waals surface area (Å²) in [6.45, 7) is 6.77. The number of Topliss-reactive ketones (excluding diaryl/α,β-unsaturated/α-hetero) is 1. The first-order valence-corrected chi connectivity index (χ1v) is 8.87. The number of aromatic amines is 1. The fourth-order valence-corrected chi connectivity index (χ4v) is 3.01. The van der Waals surface area contributed by atoms with Crippen LogP contribution in [0.2, 0.25) is 0 Å². The first kappa shape index (κ1) is 22.1. The van der Waals surface area contributed by atoms with Crippen molar-refractivity contribution in [1.82, 2.24) is 15.0 Å². The van der Waals surface area contributed by atoms with Gasteiger partial charge in [0.25, 0.3) is 0 Å². The van der Waals surface area contributed by atoms with E-state index in [1.54, 1.807) is 13.3 Å². The summed E-state index contributed by atoms with van der Waals surface area (Å²) in [5.41, 5.74) is 3.23. The SMILES string of the molecule is CCOCc1cnc(C)nc1NCC(=O)c1c(C)[nH]c2ccc(OC)cc12.[I-]. The van der Waals surface area contributed by atoms with Gasteiger partial charge in [-0.3, -0.25) is 4.79 Å². The van der Waals surface area contributed by atoms with E-state index in [1.165, 1.54) is 0 Å². The van der Waals surface area contributed by atoms with Gasteiger partial charge >= 0.3 is 0 Å². The van der Waals surface area contributed by atoms with Gasteiger partial charge < -0.3 is 43.8 Å². The monoisotopic (exact) mass is 495 g/mol. The summed E-state index contributed by atoms with van der Waals surface area (Å²) in [6, 6.07) is 5.66. The Bertz CT molecular complexity index is 971. The molecule has 0 radical (unpaired) electrons. The highest BCUT2D eigenvalue weighted by Gasteiger charge is 2.17. The van der Waals surface area contributed by atoms with Crippen molar-refractivity contribution in [2.24, 2.45) is 0 Å². The minimum Gasteiger partial charge on any atom is -1.00 e. The van der Waals surface area contributed by atoms with Gasteiger partial charge in [0.05, 0.1) is 20.3 Å². The van der Waals surface area contributed by atoms with Crippen LogP contribution in [0.25, 0.3) is 10.9 Å². The molecule has 28 heavy (non-hydrogen) atoms. The summed E-state index contributed by atoms with van der Waals surface area (Å²) >= 11 is 0. The number of rotatable bonds is 8. The third-order valence-corrected chi connectivity index (χ3v) is 4.34. The van der Waals surface area contributed by atoms with E-state index in [-0.39, 0.29) is 36.3 Å². The number of methoxy groups -OCH3 is 1. The molecule has 0 amide bonds. The quantitative estimate of drug-likeness (QED) is 0.348. The Morgan fingerprint density at radius 1 is 1.29 bits per heavy atom. The molecule has 8 heteroatoms. The smallest absolute Gasteiger partial charge is 0.184 e. The third-order valence-electron chi connectivity index (χ3n) is 4.34. The first-order valence-electron chi connectivity index (χ1n) is 8.87. The topological polar surface area (TPSA) is 89.1 Å². The standard InChI is InChI=1S/C20H24N4O3.HI/c1-5-27-11-14-9-21-13(3)24-20(14)22-10-18(25)19-12(2)23-17-7-6-15(26-4)8-16(17)19;/h6-9,23H,5,10-11H2,1-4H3,(H,21,22,24);1H/p-1. The Balaban J connectivity index is 0.00000280. The predicted molar refractivity (Wildman–Crippen MR) is 105 cm³/mol. The Morgan fingerprint density at radius 3 is 2.79 bits per heavy atom. The molecule has 0 fully saturated rings. The number of fused-ring (bicyclic) bond motifs is 1. The molecule has 0 unspecified atom stereocenters. The molecule has 2 N–H and O–H groups in total. The number of ether oxygens (including phenoxy) is 2. The van der Waals surface area contributed by atoms with Crippen molar-refractivity contribution < 1.29 is 38.2 Å². The molecule has 0 bridgehead atoms. The Labute approximate surface area is 181 Å². The average Bonchev–Trinajstić information content (AvgIpc) is 3.00. The number of aryl methyl sites for hydroxylation is 2. The van der Waals surface area contributed by atoms with Gasteiger partial charge in [-0.05, 0) is 39.0 Å². The number of halogens is 1. The zero-order chi connectivity index (χ0) is 19.4. The van der Waals surface area contributed by atoms with Gasteiger partial charge in [0.15, 0.2) is 5.78 Å². The summed E-state index contributed by atoms with van der Waals surface area (Å²) < 4.78 is 10.7. The van der Waals surface area contributed by atoms with Gasteiger partial charge in [-0.25, -0.2) is 9.97 Å². The van der Waals surface area contributed by atoms with Gasteiger partial charge in [0.2, 0.25) is 0 Å². The lowest BCUT2D eigenvalue weighted by Gasteiger charge is -2.11. The Hall–Kier alpha value is -2.20. The number of hydrogen-bond acceptors (Lipinski definition) is 6. The zero-order valence-corrected chi connectivity index (χ0v) is 18.6. The Kier molecular flexibility index (Phi) is 7.76. The maximum atomic E-state index is 12.9. The molecule has 3 aromatic rings. The summed E-state index contributed by atoms with van der Waals surface area (Å²) in [6.07, 6.45) is 1.73. The predicted octanol–water partition coefficient (Wildman–Crippen LogP) is 0.419. The number of carbonyl (C=O) groups is 1. The number of H-pyrrole nitrogens is 1. The van der Waals surface area contributed by atoms with Crippen molar-refractivity contribution in [3.05, 3.63) is 47.0 Å². The molecule has 0 aliphatic heterocycles. The fourth-order valence-electron chi connectivity index (χ4n) is 3.01. The van der Waals surface area contributed by atoms with E-state index in [2.05, 4.69) is 20.3 Å². The molecule has 2 heterocycles. The second-order valence-electron chi connectivity index (χ2n) is 6.24. The molecule has 150 valence electrons. The van der Waals surface area contributed by atoms with E-state index < -0.39 is 0 Å². The number of anilines is 1. The zero-order valence-electron chi connectivity index (χ0n) is 16.4. The molecule has 0 atom stereocenters. The molecule has 7 nitrogen and oxygen atoms in total. The van der Waals surface area contributed by atoms with E-state index in [4.69, 9.17) is 9.47 Å². The van der Waals surface area contributed by atoms with E-state index in [9.17, 15) is 4.79 Å². The number of benzene rings is 1. The van der Waals surface area contributed by atoms with Crippen LogP contribution >= 0.6 is 0 Å². The van der Waals surface area contributed by atoms with Crippen LogP contribution in [-0.2, 0) is 11.3 Å². The number of nitrogens with one attached hydrogen (secondary N) is 2. The normalized spacial score (nSPS) is 10.6. The lowest BCUT2D eigenvalue weighted by molar-refractivity contribution is -0.0000147. The van der Waals surface area contributed by atoms with Crippen LogP contribution in [0, 0.1) is 13.8 Å². The molecule has 0 aliphatic rings. The molecule has 0 saturated carbocycles. The molecule has 2 aromatic heterocycles. The average molecular weight is 495 g/mol. The lowest BCUT2D eigenvalue weighted by atomic mass is 10.1. The first-order chi connectivity index (χ1) is 13.0. The van der Waals surface area contributed by atoms with Crippen molar-refractivity contribution in [1.29, 1.82) is 0 Å². The number of hydrogen-bond donors (Lipinski definition) is 2. The van der Waals surface area contributed by atoms with E-state index >= 15 is 0 Å². The van der Waals surface area contributed by atoms with E-state index in [0.29, 0.717) is 36.2 Å². The van der Waals surface area contributed by atoms with E-state index in [1.807, 2.05) is 39.0 Å². The largest absolute Gasteiger partial charge is 1.00 e. The number of carbonyl (C=O) groups excluding carboxylic acids is 1. The van der Waals surface area contributed by atoms with Crippen LogP contribution < -0.4 is 34.0 Å². The van der Waals surface area contributed by atoms with Gasteiger partial charge in [-0.1, -0.05) is 0 Å². The highest BCUT2D eigenvalue weighted by molar-refractivity contribution is 6.11. The molecule has 0 saturated heterocycles. The van der Waals surface area contributed by atoms with Crippen LogP contribution in [0.5, 0.6) is 5.75 Å². The van der Waals surface area contributed by atoms with Crippen LogP contribution in [-0.4, -0.2) is 41.0 Å². The van der Waals surface area contributed by atoms with Crippen molar-refractivity contribution >= 4 is 22.5 Å². The Morgan fingerprint density at radius 2 is 2.07 bits per heavy atom. The number of nitrogens with zero attached hydrogens (tertiary/aromatic N) is 2.